The molecule has 2 rings (SSSR count). The Balaban J connectivity index is 1.89. The summed E-state index contributed by atoms with van der Waals surface area (Å²) >= 11 is 0. The van der Waals surface area contributed by atoms with Crippen molar-refractivity contribution >= 4 is 23.4 Å². The van der Waals surface area contributed by atoms with E-state index in [0.29, 0.717) is 36.7 Å². The predicted octanol–water partition coefficient (Wildman–Crippen LogP) is 3.93. The van der Waals surface area contributed by atoms with Crippen LogP contribution in [-0.2, 0) is 16.0 Å². The molecule has 0 heterocycles. The molecule has 0 aliphatic rings. The summed E-state index contributed by atoms with van der Waals surface area (Å²) in [4.78, 5) is 37.2. The second kappa shape index (κ2) is 13.2. The fourth-order valence-corrected chi connectivity index (χ4v) is 3.29. The summed E-state index contributed by atoms with van der Waals surface area (Å²) in [6.07, 6.45) is 4.90. The number of anilines is 1. The van der Waals surface area contributed by atoms with E-state index in [0.717, 1.165) is 31.2 Å². The van der Waals surface area contributed by atoms with Crippen molar-refractivity contribution in [3.63, 3.8) is 0 Å². The van der Waals surface area contributed by atoms with Crippen molar-refractivity contribution in [2.75, 3.05) is 18.4 Å². The van der Waals surface area contributed by atoms with Gasteiger partial charge in [0.15, 0.2) is 0 Å². The predicted molar refractivity (Wildman–Crippen MR) is 124 cm³/mol. The standard InChI is InChI=1S/C25H33N3O3/c1-3-5-11-19(4-2)18-27-24(30)25(31)28-22-15-10-9-14-21(22)23(29)26-17-16-20-12-7-6-8-13-20/h6-10,12-15,19H,3-5,11,16-18H2,1-2H3,(H,26,29)(H,27,30)(H,28,31)/t19-/m0/s1. The molecule has 0 spiro atoms. The molecular weight excluding hydrogens is 390 g/mol. The summed E-state index contributed by atoms with van der Waals surface area (Å²) in [5, 5.41) is 8.15. The quantitative estimate of drug-likeness (QED) is 0.479. The fraction of sp³-hybridized carbons (Fsp3) is 0.400. The number of benzene rings is 2. The van der Waals surface area contributed by atoms with Crippen LogP contribution in [-0.4, -0.2) is 30.8 Å². The minimum atomic E-state index is -0.769. The summed E-state index contributed by atoms with van der Waals surface area (Å²) in [5.41, 5.74) is 1.77. The van der Waals surface area contributed by atoms with E-state index in [-0.39, 0.29) is 5.91 Å². The zero-order valence-electron chi connectivity index (χ0n) is 18.4. The van der Waals surface area contributed by atoms with Crippen molar-refractivity contribution in [2.24, 2.45) is 5.92 Å². The van der Waals surface area contributed by atoms with E-state index in [1.165, 1.54) is 0 Å². The van der Waals surface area contributed by atoms with Crippen LogP contribution in [0.5, 0.6) is 0 Å². The highest BCUT2D eigenvalue weighted by molar-refractivity contribution is 6.40. The van der Waals surface area contributed by atoms with Crippen LogP contribution in [0.25, 0.3) is 0 Å². The van der Waals surface area contributed by atoms with Gasteiger partial charge in [0.25, 0.3) is 5.91 Å². The lowest BCUT2D eigenvalue weighted by molar-refractivity contribution is -0.136. The summed E-state index contributed by atoms with van der Waals surface area (Å²) < 4.78 is 0. The average Bonchev–Trinajstić information content (AvgIpc) is 2.80. The molecule has 0 aromatic heterocycles. The first kappa shape index (κ1) is 24.1. The van der Waals surface area contributed by atoms with Crippen molar-refractivity contribution < 1.29 is 14.4 Å². The van der Waals surface area contributed by atoms with Gasteiger partial charge in [-0.25, -0.2) is 0 Å². The van der Waals surface area contributed by atoms with Crippen LogP contribution in [0.4, 0.5) is 5.69 Å². The van der Waals surface area contributed by atoms with Gasteiger partial charge in [-0.1, -0.05) is 75.6 Å². The Morgan fingerprint density at radius 1 is 0.871 bits per heavy atom. The average molecular weight is 424 g/mol. The monoisotopic (exact) mass is 423 g/mol. The third-order valence-corrected chi connectivity index (χ3v) is 5.26. The van der Waals surface area contributed by atoms with Gasteiger partial charge in [0.1, 0.15) is 0 Å². The molecule has 6 nitrogen and oxygen atoms in total. The number of rotatable bonds is 11. The van der Waals surface area contributed by atoms with Crippen LogP contribution in [0.1, 0.15) is 55.5 Å². The fourth-order valence-electron chi connectivity index (χ4n) is 3.29. The number of amides is 3. The highest BCUT2D eigenvalue weighted by Crippen LogP contribution is 2.15. The normalized spacial score (nSPS) is 11.4. The van der Waals surface area contributed by atoms with Crippen molar-refractivity contribution in [2.45, 2.75) is 46.0 Å². The Kier molecular flexibility index (Phi) is 10.3. The van der Waals surface area contributed by atoms with Gasteiger partial charge in [-0.15, -0.1) is 0 Å². The Bertz CT molecular complexity index is 852. The van der Waals surface area contributed by atoms with Crippen LogP contribution in [0, 0.1) is 5.92 Å². The molecule has 6 heteroatoms. The summed E-state index contributed by atoms with van der Waals surface area (Å²) in [7, 11) is 0. The minimum Gasteiger partial charge on any atom is -0.352 e. The maximum absolute atomic E-state index is 12.6. The smallest absolute Gasteiger partial charge is 0.313 e. The molecule has 166 valence electrons. The lowest BCUT2D eigenvalue weighted by atomic mass is 9.99. The van der Waals surface area contributed by atoms with Gasteiger partial charge in [-0.3, -0.25) is 14.4 Å². The van der Waals surface area contributed by atoms with E-state index in [2.05, 4.69) is 29.8 Å². The van der Waals surface area contributed by atoms with Crippen LogP contribution < -0.4 is 16.0 Å². The first-order valence-electron chi connectivity index (χ1n) is 11.1. The third-order valence-electron chi connectivity index (χ3n) is 5.26. The SMILES string of the molecule is CCCC[C@H](CC)CNC(=O)C(=O)Nc1ccccc1C(=O)NCCc1ccccc1. The van der Waals surface area contributed by atoms with E-state index in [9.17, 15) is 14.4 Å². The molecule has 0 fully saturated rings. The maximum atomic E-state index is 12.6. The second-order valence-corrected chi connectivity index (χ2v) is 7.62. The van der Waals surface area contributed by atoms with E-state index in [1.807, 2.05) is 30.3 Å². The lowest BCUT2D eigenvalue weighted by Gasteiger charge is -2.15. The van der Waals surface area contributed by atoms with Gasteiger partial charge in [-0.05, 0) is 36.5 Å². The second-order valence-electron chi connectivity index (χ2n) is 7.62. The topological polar surface area (TPSA) is 87.3 Å². The number of hydrogen-bond acceptors (Lipinski definition) is 3. The molecule has 0 radical (unpaired) electrons. The summed E-state index contributed by atoms with van der Waals surface area (Å²) in [5.74, 6) is -1.39. The third kappa shape index (κ3) is 8.24. The number of unbranched alkanes of at least 4 members (excludes halogenated alkanes) is 1. The van der Waals surface area contributed by atoms with Gasteiger partial charge in [-0.2, -0.15) is 0 Å². The number of para-hydroxylation sites is 1. The molecule has 0 bridgehead atoms. The van der Waals surface area contributed by atoms with Gasteiger partial charge >= 0.3 is 11.8 Å². The Hall–Kier alpha value is -3.15. The maximum Gasteiger partial charge on any atom is 0.313 e. The number of hydrogen-bond donors (Lipinski definition) is 3. The van der Waals surface area contributed by atoms with E-state index < -0.39 is 11.8 Å². The molecular formula is C25H33N3O3. The van der Waals surface area contributed by atoms with Gasteiger partial charge in [0, 0.05) is 13.1 Å². The first-order valence-corrected chi connectivity index (χ1v) is 11.1. The molecule has 3 N–H and O–H groups in total. The van der Waals surface area contributed by atoms with Crippen molar-refractivity contribution in [1.82, 2.24) is 10.6 Å². The highest BCUT2D eigenvalue weighted by Gasteiger charge is 2.18. The highest BCUT2D eigenvalue weighted by atomic mass is 16.2. The van der Waals surface area contributed by atoms with Crippen molar-refractivity contribution in [1.29, 1.82) is 0 Å². The lowest BCUT2D eigenvalue weighted by Crippen LogP contribution is -2.38. The largest absolute Gasteiger partial charge is 0.352 e. The molecule has 0 aliphatic carbocycles. The number of nitrogens with one attached hydrogen (secondary N) is 3. The van der Waals surface area contributed by atoms with Crippen LogP contribution >= 0.6 is 0 Å². The summed E-state index contributed by atoms with van der Waals surface area (Å²) in [6, 6.07) is 16.6. The molecule has 3 amide bonds. The van der Waals surface area contributed by atoms with Gasteiger partial charge < -0.3 is 16.0 Å². The molecule has 0 aliphatic heterocycles. The Morgan fingerprint density at radius 2 is 1.58 bits per heavy atom. The zero-order valence-corrected chi connectivity index (χ0v) is 18.4. The van der Waals surface area contributed by atoms with Gasteiger partial charge in [0.2, 0.25) is 0 Å². The van der Waals surface area contributed by atoms with Gasteiger partial charge in [0.05, 0.1) is 11.3 Å². The Labute approximate surface area is 184 Å². The minimum absolute atomic E-state index is 0.294. The van der Waals surface area contributed by atoms with E-state index in [4.69, 9.17) is 0 Å². The molecule has 31 heavy (non-hydrogen) atoms. The van der Waals surface area contributed by atoms with Crippen molar-refractivity contribution in [3.05, 3.63) is 65.7 Å². The molecule has 0 saturated heterocycles. The molecule has 1 atom stereocenters. The van der Waals surface area contributed by atoms with Crippen LogP contribution in [0.15, 0.2) is 54.6 Å². The molecule has 0 saturated carbocycles. The van der Waals surface area contributed by atoms with Crippen molar-refractivity contribution in [3.8, 4) is 0 Å². The zero-order chi connectivity index (χ0) is 22.5. The Morgan fingerprint density at radius 3 is 2.29 bits per heavy atom. The first-order chi connectivity index (χ1) is 15.0. The molecule has 2 aromatic carbocycles. The van der Waals surface area contributed by atoms with E-state index >= 15 is 0 Å². The van der Waals surface area contributed by atoms with Crippen LogP contribution in [0.3, 0.4) is 0 Å². The van der Waals surface area contributed by atoms with Crippen LogP contribution in [0.2, 0.25) is 0 Å². The number of carbonyl (C=O) groups excluding carboxylic acids is 3. The summed E-state index contributed by atoms with van der Waals surface area (Å²) in [6.45, 7) is 5.17. The number of carbonyl (C=O) groups is 3. The molecule has 2 aromatic rings. The van der Waals surface area contributed by atoms with E-state index in [1.54, 1.807) is 24.3 Å². The molecule has 0 unspecified atom stereocenters.